The molecule has 1 fully saturated rings. The molecule has 3 aromatic rings. The Bertz CT molecular complexity index is 1270. The van der Waals surface area contributed by atoms with Crippen LogP contribution in [0.5, 0.6) is 0 Å². The van der Waals surface area contributed by atoms with Crippen molar-refractivity contribution in [3.63, 3.8) is 0 Å². The number of hydrogen-bond acceptors (Lipinski definition) is 9. The molecule has 0 spiro atoms. The lowest BCUT2D eigenvalue weighted by molar-refractivity contribution is -0.142. The van der Waals surface area contributed by atoms with E-state index in [1.807, 2.05) is 37.1 Å². The molecule has 1 aliphatic rings. The molecule has 0 bridgehead atoms. The Hall–Kier alpha value is -2.88. The lowest BCUT2D eigenvalue weighted by Crippen LogP contribution is -2.56. The normalized spacial score (nSPS) is 16.5. The van der Waals surface area contributed by atoms with E-state index in [0.717, 1.165) is 27.4 Å². The molecule has 7 nitrogen and oxygen atoms in total. The highest BCUT2D eigenvalue weighted by molar-refractivity contribution is 7.98. The zero-order valence-corrected chi connectivity index (χ0v) is 21.6. The van der Waals surface area contributed by atoms with E-state index in [4.69, 9.17) is 5.26 Å². The van der Waals surface area contributed by atoms with E-state index in [0.29, 0.717) is 25.3 Å². The number of anilines is 2. The van der Waals surface area contributed by atoms with Gasteiger partial charge in [-0.3, -0.25) is 0 Å². The summed E-state index contributed by atoms with van der Waals surface area (Å²) in [5.41, 5.74) is 0.941. The number of aliphatic hydroxyl groups is 1. The predicted octanol–water partition coefficient (Wildman–Crippen LogP) is 5.06. The standard InChI is InChI=1S/C24H25F3N6OS2/c1-14(2)19-11-32(6-7-33(19)23-29-10-15(12-34)21(31-23)24(25,26)27)17-4-5-18(20(8-17)35-3)22-30-16(9-28)13-36-22/h4-5,8,10,13-14,19,34H,6-7,11-12H2,1-3H3. The molecule has 0 amide bonds. The fourth-order valence-electron chi connectivity index (χ4n) is 4.26. The summed E-state index contributed by atoms with van der Waals surface area (Å²) in [6.45, 7) is 4.90. The van der Waals surface area contributed by atoms with Gasteiger partial charge >= 0.3 is 6.18 Å². The van der Waals surface area contributed by atoms with E-state index in [1.165, 1.54) is 11.3 Å². The molecule has 1 unspecified atom stereocenters. The highest BCUT2D eigenvalue weighted by Gasteiger charge is 2.38. The van der Waals surface area contributed by atoms with Gasteiger partial charge in [0.2, 0.25) is 5.95 Å². The topological polar surface area (TPSA) is 89.2 Å². The Morgan fingerprint density at radius 2 is 2.06 bits per heavy atom. The molecule has 190 valence electrons. The summed E-state index contributed by atoms with van der Waals surface area (Å²) in [7, 11) is 0. The molecule has 0 saturated carbocycles. The number of benzene rings is 1. The molecule has 1 N–H and O–H groups in total. The molecule has 12 heteroatoms. The van der Waals surface area contributed by atoms with Gasteiger partial charge in [-0.1, -0.05) is 13.8 Å². The largest absolute Gasteiger partial charge is 0.433 e. The van der Waals surface area contributed by atoms with Crippen LogP contribution in [-0.4, -0.2) is 52.0 Å². The molecule has 2 aromatic heterocycles. The van der Waals surface area contributed by atoms with Gasteiger partial charge in [0.25, 0.3) is 0 Å². The first-order chi connectivity index (χ1) is 17.2. The predicted molar refractivity (Wildman–Crippen MR) is 135 cm³/mol. The minimum atomic E-state index is -4.67. The number of nitriles is 1. The molecule has 1 aliphatic heterocycles. The van der Waals surface area contributed by atoms with Gasteiger partial charge in [-0.05, 0) is 30.4 Å². The second kappa shape index (κ2) is 10.6. The number of hydrogen-bond donors (Lipinski definition) is 1. The highest BCUT2D eigenvalue weighted by Crippen LogP contribution is 2.37. The summed E-state index contributed by atoms with van der Waals surface area (Å²) >= 11 is 3.03. The quantitative estimate of drug-likeness (QED) is 0.439. The first-order valence-electron chi connectivity index (χ1n) is 11.3. The monoisotopic (exact) mass is 534 g/mol. The number of aliphatic hydroxyl groups excluding tert-OH is 1. The van der Waals surface area contributed by atoms with Crippen molar-refractivity contribution in [3.05, 3.63) is 46.7 Å². The number of rotatable bonds is 6. The van der Waals surface area contributed by atoms with Crippen LogP contribution >= 0.6 is 23.1 Å². The Kier molecular flexibility index (Phi) is 7.73. The smallest absolute Gasteiger partial charge is 0.392 e. The number of nitrogens with zero attached hydrogens (tertiary/aromatic N) is 6. The summed E-state index contributed by atoms with van der Waals surface area (Å²) in [5, 5.41) is 20.9. The van der Waals surface area contributed by atoms with E-state index in [-0.39, 0.29) is 23.5 Å². The van der Waals surface area contributed by atoms with Gasteiger partial charge in [-0.2, -0.15) is 18.4 Å². The van der Waals surface area contributed by atoms with Crippen LogP contribution < -0.4 is 9.80 Å². The SMILES string of the molecule is CSc1cc(N2CCN(c3ncc(CO)c(C(F)(F)F)n3)C(C(C)C)C2)ccc1-c1nc(C#N)cs1. The fraction of sp³-hybridized carbons (Fsp3) is 0.417. The fourth-order valence-corrected chi connectivity index (χ4v) is 5.74. The molecule has 1 saturated heterocycles. The summed E-state index contributed by atoms with van der Waals surface area (Å²) < 4.78 is 40.6. The minimum absolute atomic E-state index is 0.0232. The molecular formula is C24H25F3N6OS2. The Morgan fingerprint density at radius 3 is 2.67 bits per heavy atom. The van der Waals surface area contributed by atoms with Crippen LogP contribution in [-0.2, 0) is 12.8 Å². The third-order valence-electron chi connectivity index (χ3n) is 6.14. The van der Waals surface area contributed by atoms with Crippen molar-refractivity contribution in [2.24, 2.45) is 5.92 Å². The van der Waals surface area contributed by atoms with Gasteiger partial charge in [0.1, 0.15) is 11.1 Å². The highest BCUT2D eigenvalue weighted by atomic mass is 32.2. The van der Waals surface area contributed by atoms with Crippen LogP contribution in [0.3, 0.4) is 0 Å². The number of alkyl halides is 3. The Balaban J connectivity index is 1.61. The van der Waals surface area contributed by atoms with E-state index in [9.17, 15) is 18.3 Å². The first kappa shape index (κ1) is 26.2. The second-order valence-corrected chi connectivity index (χ2v) is 10.4. The van der Waals surface area contributed by atoms with Gasteiger partial charge < -0.3 is 14.9 Å². The average molecular weight is 535 g/mol. The van der Waals surface area contributed by atoms with Gasteiger partial charge in [0.15, 0.2) is 11.4 Å². The van der Waals surface area contributed by atoms with Crippen molar-refractivity contribution in [1.29, 1.82) is 5.26 Å². The molecule has 0 aliphatic carbocycles. The molecule has 1 aromatic carbocycles. The minimum Gasteiger partial charge on any atom is -0.392 e. The van der Waals surface area contributed by atoms with Crippen molar-refractivity contribution >= 4 is 34.7 Å². The van der Waals surface area contributed by atoms with Crippen LogP contribution in [0, 0.1) is 17.2 Å². The summed E-state index contributed by atoms with van der Waals surface area (Å²) in [4.78, 5) is 17.5. The average Bonchev–Trinajstić information content (AvgIpc) is 3.36. The summed E-state index contributed by atoms with van der Waals surface area (Å²) in [6.07, 6.45) is -1.62. The zero-order chi connectivity index (χ0) is 26.0. The number of aromatic nitrogens is 3. The number of piperazine rings is 1. The molecule has 36 heavy (non-hydrogen) atoms. The van der Waals surface area contributed by atoms with Crippen molar-refractivity contribution in [2.45, 2.75) is 37.6 Å². The molecule has 0 radical (unpaired) electrons. The molecule has 3 heterocycles. The Labute approximate surface area is 215 Å². The zero-order valence-electron chi connectivity index (χ0n) is 20.0. The second-order valence-electron chi connectivity index (χ2n) is 8.68. The number of halogens is 3. The summed E-state index contributed by atoms with van der Waals surface area (Å²) in [6, 6.07) is 8.06. The molecule has 4 rings (SSSR count). The van der Waals surface area contributed by atoms with Crippen molar-refractivity contribution in [1.82, 2.24) is 15.0 Å². The maximum absolute atomic E-state index is 13.5. The van der Waals surface area contributed by atoms with Crippen LogP contribution in [0.15, 0.2) is 34.7 Å². The van der Waals surface area contributed by atoms with E-state index < -0.39 is 18.5 Å². The maximum Gasteiger partial charge on any atom is 0.433 e. The number of thioether (sulfide) groups is 1. The lowest BCUT2D eigenvalue weighted by Gasteiger charge is -2.44. The van der Waals surface area contributed by atoms with Crippen LogP contribution in [0.25, 0.3) is 10.6 Å². The van der Waals surface area contributed by atoms with Crippen molar-refractivity contribution in [3.8, 4) is 16.6 Å². The van der Waals surface area contributed by atoms with Crippen LogP contribution in [0.2, 0.25) is 0 Å². The number of thiazole rings is 1. The van der Waals surface area contributed by atoms with E-state index in [2.05, 4.69) is 32.0 Å². The van der Waals surface area contributed by atoms with Crippen LogP contribution in [0.4, 0.5) is 24.8 Å². The van der Waals surface area contributed by atoms with E-state index in [1.54, 1.807) is 17.1 Å². The third kappa shape index (κ3) is 5.28. The third-order valence-corrected chi connectivity index (χ3v) is 7.79. The Morgan fingerprint density at radius 1 is 1.28 bits per heavy atom. The molecule has 1 atom stereocenters. The summed E-state index contributed by atoms with van der Waals surface area (Å²) in [5.74, 6) is 0.150. The van der Waals surface area contributed by atoms with Gasteiger partial charge in [0, 0.05) is 52.9 Å². The van der Waals surface area contributed by atoms with Crippen molar-refractivity contribution < 1.29 is 18.3 Å². The van der Waals surface area contributed by atoms with E-state index >= 15 is 0 Å². The van der Waals surface area contributed by atoms with Crippen LogP contribution in [0.1, 0.15) is 30.8 Å². The van der Waals surface area contributed by atoms with Gasteiger partial charge in [0.05, 0.1) is 12.6 Å². The van der Waals surface area contributed by atoms with Crippen molar-refractivity contribution in [2.75, 3.05) is 35.7 Å². The van der Waals surface area contributed by atoms with Gasteiger partial charge in [-0.25, -0.2) is 15.0 Å². The maximum atomic E-state index is 13.5. The van der Waals surface area contributed by atoms with Gasteiger partial charge in [-0.15, -0.1) is 23.1 Å². The molecular weight excluding hydrogens is 509 g/mol. The lowest BCUT2D eigenvalue weighted by atomic mass is 9.99. The first-order valence-corrected chi connectivity index (χ1v) is 13.4.